The van der Waals surface area contributed by atoms with Crippen LogP contribution in [0.4, 0.5) is 0 Å². The first kappa shape index (κ1) is 13.8. The molecule has 4 heteroatoms. The molecule has 0 aromatic rings. The van der Waals surface area contributed by atoms with E-state index in [2.05, 4.69) is 12.2 Å². The number of hydrogen-bond donors (Lipinski definition) is 1. The Labute approximate surface area is 110 Å². The summed E-state index contributed by atoms with van der Waals surface area (Å²) in [6.07, 6.45) is 6.36. The monoisotopic (exact) mass is 254 g/mol. The van der Waals surface area contributed by atoms with E-state index in [1.165, 1.54) is 12.8 Å². The van der Waals surface area contributed by atoms with E-state index in [1.54, 1.807) is 0 Å². The van der Waals surface area contributed by atoms with Crippen LogP contribution in [0.2, 0.25) is 0 Å². The molecule has 0 aromatic carbocycles. The molecular formula is C14H26N2O2. The molecule has 1 saturated heterocycles. The van der Waals surface area contributed by atoms with Crippen LogP contribution in [0.25, 0.3) is 0 Å². The molecule has 2 rings (SSSR count). The zero-order chi connectivity index (χ0) is 13.0. The Morgan fingerprint density at radius 3 is 2.56 bits per heavy atom. The lowest BCUT2D eigenvalue weighted by Crippen LogP contribution is -2.46. The van der Waals surface area contributed by atoms with E-state index in [0.717, 1.165) is 38.8 Å². The van der Waals surface area contributed by atoms with Crippen LogP contribution in [-0.4, -0.2) is 49.2 Å². The highest BCUT2D eigenvalue weighted by Gasteiger charge is 2.31. The number of rotatable bonds is 4. The van der Waals surface area contributed by atoms with Crippen molar-refractivity contribution in [3.05, 3.63) is 0 Å². The van der Waals surface area contributed by atoms with Crippen LogP contribution in [0.1, 0.15) is 45.4 Å². The van der Waals surface area contributed by atoms with E-state index >= 15 is 0 Å². The maximum Gasteiger partial charge on any atom is 0.251 e. The minimum absolute atomic E-state index is 0.165. The van der Waals surface area contributed by atoms with Crippen molar-refractivity contribution in [3.8, 4) is 0 Å². The quantitative estimate of drug-likeness (QED) is 0.827. The Hall–Kier alpha value is -0.610. The SMILES string of the molecule is CCNC1CCC(N(C)C(=O)C2CCCO2)CC1. The number of likely N-dealkylation sites (N-methyl/N-ethyl adjacent to an activating group) is 1. The summed E-state index contributed by atoms with van der Waals surface area (Å²) in [7, 11) is 1.95. The van der Waals surface area contributed by atoms with Gasteiger partial charge in [-0.15, -0.1) is 0 Å². The Morgan fingerprint density at radius 2 is 2.00 bits per heavy atom. The highest BCUT2D eigenvalue weighted by molar-refractivity contribution is 5.81. The third-order valence-electron chi connectivity index (χ3n) is 4.29. The molecule has 0 aromatic heterocycles. The van der Waals surface area contributed by atoms with Gasteiger partial charge in [0, 0.05) is 25.7 Å². The highest BCUT2D eigenvalue weighted by atomic mass is 16.5. The van der Waals surface area contributed by atoms with E-state index in [4.69, 9.17) is 4.74 Å². The predicted molar refractivity (Wildman–Crippen MR) is 71.5 cm³/mol. The van der Waals surface area contributed by atoms with Gasteiger partial charge in [-0.3, -0.25) is 4.79 Å². The van der Waals surface area contributed by atoms with Crippen LogP contribution in [0.5, 0.6) is 0 Å². The molecule has 2 aliphatic rings. The first-order chi connectivity index (χ1) is 8.72. The van der Waals surface area contributed by atoms with Crippen molar-refractivity contribution in [3.63, 3.8) is 0 Å². The maximum absolute atomic E-state index is 12.2. The summed E-state index contributed by atoms with van der Waals surface area (Å²) in [4.78, 5) is 14.2. The van der Waals surface area contributed by atoms with Crippen LogP contribution >= 0.6 is 0 Å². The number of carbonyl (C=O) groups is 1. The average Bonchev–Trinajstić information content (AvgIpc) is 2.92. The van der Waals surface area contributed by atoms with Gasteiger partial charge in [0.25, 0.3) is 5.91 Å². The molecule has 1 saturated carbocycles. The minimum Gasteiger partial charge on any atom is -0.368 e. The normalized spacial score (nSPS) is 32.4. The Bertz CT molecular complexity index is 269. The second kappa shape index (κ2) is 6.53. The molecule has 1 aliphatic heterocycles. The van der Waals surface area contributed by atoms with Crippen molar-refractivity contribution in [2.75, 3.05) is 20.2 Å². The molecule has 1 atom stereocenters. The molecule has 0 spiro atoms. The summed E-state index contributed by atoms with van der Waals surface area (Å²) in [5, 5.41) is 3.50. The van der Waals surface area contributed by atoms with Gasteiger partial charge in [0.15, 0.2) is 0 Å². The Morgan fingerprint density at radius 1 is 1.28 bits per heavy atom. The van der Waals surface area contributed by atoms with Gasteiger partial charge in [0.05, 0.1) is 0 Å². The molecule has 1 amide bonds. The topological polar surface area (TPSA) is 41.6 Å². The second-order valence-electron chi connectivity index (χ2n) is 5.51. The van der Waals surface area contributed by atoms with E-state index in [0.29, 0.717) is 12.1 Å². The van der Waals surface area contributed by atoms with Gasteiger partial charge >= 0.3 is 0 Å². The molecule has 104 valence electrons. The maximum atomic E-state index is 12.2. The van der Waals surface area contributed by atoms with E-state index in [1.807, 2.05) is 11.9 Å². The van der Waals surface area contributed by atoms with Gasteiger partial charge < -0.3 is 15.0 Å². The number of nitrogens with one attached hydrogen (secondary N) is 1. The second-order valence-corrected chi connectivity index (χ2v) is 5.51. The number of nitrogens with zero attached hydrogens (tertiary/aromatic N) is 1. The first-order valence-electron chi connectivity index (χ1n) is 7.34. The fourth-order valence-electron chi connectivity index (χ4n) is 3.14. The lowest BCUT2D eigenvalue weighted by atomic mass is 9.90. The van der Waals surface area contributed by atoms with Crippen LogP contribution in [0.15, 0.2) is 0 Å². The average molecular weight is 254 g/mol. The molecule has 1 aliphatic carbocycles. The van der Waals surface area contributed by atoms with Crippen LogP contribution in [0, 0.1) is 0 Å². The standard InChI is InChI=1S/C14H26N2O2/c1-3-15-11-6-8-12(9-7-11)16(2)14(17)13-5-4-10-18-13/h11-13,15H,3-10H2,1-2H3. The smallest absolute Gasteiger partial charge is 0.251 e. The van der Waals surface area contributed by atoms with Gasteiger partial charge in [-0.1, -0.05) is 6.92 Å². The fourth-order valence-corrected chi connectivity index (χ4v) is 3.14. The lowest BCUT2D eigenvalue weighted by molar-refractivity contribution is -0.142. The third kappa shape index (κ3) is 3.23. The number of carbonyl (C=O) groups excluding carboxylic acids is 1. The first-order valence-corrected chi connectivity index (χ1v) is 7.34. The molecular weight excluding hydrogens is 228 g/mol. The van der Waals surface area contributed by atoms with Crippen LogP contribution < -0.4 is 5.32 Å². The van der Waals surface area contributed by atoms with Gasteiger partial charge in [-0.2, -0.15) is 0 Å². The minimum atomic E-state index is -0.165. The Kier molecular flexibility index (Phi) is 5.01. The highest BCUT2D eigenvalue weighted by Crippen LogP contribution is 2.24. The summed E-state index contributed by atoms with van der Waals surface area (Å²) < 4.78 is 5.48. The fraction of sp³-hybridized carbons (Fsp3) is 0.929. The zero-order valence-electron chi connectivity index (χ0n) is 11.7. The van der Waals surface area contributed by atoms with Gasteiger partial charge in [0.2, 0.25) is 0 Å². The van der Waals surface area contributed by atoms with Crippen molar-refractivity contribution in [2.24, 2.45) is 0 Å². The third-order valence-corrected chi connectivity index (χ3v) is 4.29. The van der Waals surface area contributed by atoms with Crippen molar-refractivity contribution >= 4 is 5.91 Å². The van der Waals surface area contributed by atoms with Gasteiger partial charge in [-0.05, 0) is 45.1 Å². The van der Waals surface area contributed by atoms with E-state index in [-0.39, 0.29) is 12.0 Å². The van der Waals surface area contributed by atoms with Crippen molar-refractivity contribution in [1.29, 1.82) is 0 Å². The molecule has 18 heavy (non-hydrogen) atoms. The molecule has 0 bridgehead atoms. The predicted octanol–water partition coefficient (Wildman–Crippen LogP) is 1.54. The summed E-state index contributed by atoms with van der Waals surface area (Å²) >= 11 is 0. The summed E-state index contributed by atoms with van der Waals surface area (Å²) in [5.74, 6) is 0.194. The number of hydrogen-bond acceptors (Lipinski definition) is 3. The number of ether oxygens (including phenoxy) is 1. The molecule has 2 fully saturated rings. The zero-order valence-corrected chi connectivity index (χ0v) is 11.7. The molecule has 1 unspecified atom stereocenters. The molecule has 4 nitrogen and oxygen atoms in total. The van der Waals surface area contributed by atoms with Gasteiger partial charge in [-0.25, -0.2) is 0 Å². The van der Waals surface area contributed by atoms with Crippen LogP contribution in [-0.2, 0) is 9.53 Å². The molecule has 1 N–H and O–H groups in total. The Balaban J connectivity index is 1.79. The van der Waals surface area contributed by atoms with E-state index < -0.39 is 0 Å². The van der Waals surface area contributed by atoms with E-state index in [9.17, 15) is 4.79 Å². The molecule has 0 radical (unpaired) electrons. The lowest BCUT2D eigenvalue weighted by Gasteiger charge is -2.35. The summed E-state index contributed by atoms with van der Waals surface area (Å²) in [6, 6.07) is 1.06. The van der Waals surface area contributed by atoms with Crippen molar-refractivity contribution < 1.29 is 9.53 Å². The largest absolute Gasteiger partial charge is 0.368 e. The number of amides is 1. The summed E-state index contributed by atoms with van der Waals surface area (Å²) in [6.45, 7) is 3.94. The van der Waals surface area contributed by atoms with Crippen molar-refractivity contribution in [2.45, 2.75) is 63.6 Å². The molecule has 1 heterocycles. The summed E-state index contributed by atoms with van der Waals surface area (Å²) in [5.41, 5.74) is 0. The van der Waals surface area contributed by atoms with Crippen LogP contribution in [0.3, 0.4) is 0 Å². The van der Waals surface area contributed by atoms with Crippen molar-refractivity contribution in [1.82, 2.24) is 10.2 Å². The van der Waals surface area contributed by atoms with Gasteiger partial charge in [0.1, 0.15) is 6.10 Å².